The number of aromatic nitrogens is 3. The number of fused-ring (bicyclic) bond motifs is 3. The van der Waals surface area contributed by atoms with Crippen molar-refractivity contribution in [3.8, 4) is 11.6 Å². The molecule has 4 aromatic rings. The summed E-state index contributed by atoms with van der Waals surface area (Å²) in [5.41, 5.74) is 11.6. The molecule has 2 N–H and O–H groups in total. The van der Waals surface area contributed by atoms with Crippen LogP contribution in [0.15, 0.2) is 60.2 Å². The second-order valence-corrected chi connectivity index (χ2v) is 11.4. The highest BCUT2D eigenvalue weighted by molar-refractivity contribution is 6.18. The first-order valence-electron chi connectivity index (χ1n) is 14.7. The number of piperazine rings is 1. The number of carbonyl (C=O) groups is 3. The summed E-state index contributed by atoms with van der Waals surface area (Å²) in [5, 5.41) is 1.18. The van der Waals surface area contributed by atoms with E-state index in [4.69, 9.17) is 20.2 Å². The average molecular weight is 593 g/mol. The van der Waals surface area contributed by atoms with Crippen LogP contribution < -0.4 is 15.4 Å². The van der Waals surface area contributed by atoms with Gasteiger partial charge in [0, 0.05) is 62.0 Å². The van der Waals surface area contributed by atoms with E-state index in [0.29, 0.717) is 17.9 Å². The third kappa shape index (κ3) is 4.88. The van der Waals surface area contributed by atoms with Crippen LogP contribution in [0.5, 0.6) is 5.88 Å². The number of primary amides is 1. The summed E-state index contributed by atoms with van der Waals surface area (Å²) in [4.78, 5) is 51.4. The zero-order valence-electron chi connectivity index (χ0n) is 24.6. The van der Waals surface area contributed by atoms with Gasteiger partial charge in [0.15, 0.2) is 6.10 Å². The summed E-state index contributed by atoms with van der Waals surface area (Å²) < 4.78 is 13.1. The second-order valence-electron chi connectivity index (χ2n) is 11.4. The lowest BCUT2D eigenvalue weighted by atomic mass is 9.92. The molecule has 7 rings (SSSR count). The second kappa shape index (κ2) is 10.9. The molecule has 1 saturated heterocycles. The summed E-state index contributed by atoms with van der Waals surface area (Å²) in [6, 6.07) is 16.7. The molecule has 11 heteroatoms. The molecule has 1 fully saturated rings. The van der Waals surface area contributed by atoms with Crippen LogP contribution in [0.3, 0.4) is 0 Å². The number of pyridine rings is 1. The van der Waals surface area contributed by atoms with E-state index in [-0.39, 0.29) is 5.88 Å². The molecule has 1 unspecified atom stereocenters. The lowest BCUT2D eigenvalue weighted by molar-refractivity contribution is -0.146. The molecule has 44 heavy (non-hydrogen) atoms. The maximum Gasteiger partial charge on any atom is 0.344 e. The van der Waals surface area contributed by atoms with Crippen molar-refractivity contribution in [1.29, 1.82) is 0 Å². The van der Waals surface area contributed by atoms with E-state index >= 15 is 0 Å². The number of hydrogen-bond donors (Lipinski definition) is 1. The maximum absolute atomic E-state index is 12.9. The molecular weight excluding hydrogens is 560 g/mol. The van der Waals surface area contributed by atoms with Crippen molar-refractivity contribution in [2.45, 2.75) is 32.8 Å². The molecule has 0 bridgehead atoms. The van der Waals surface area contributed by atoms with Gasteiger partial charge < -0.3 is 20.1 Å². The van der Waals surface area contributed by atoms with Crippen LogP contribution in [0.4, 0.5) is 5.69 Å². The highest BCUT2D eigenvalue weighted by atomic mass is 16.6. The molecule has 0 spiro atoms. The molecular formula is C33H32N6O5. The molecule has 11 nitrogen and oxygen atoms in total. The van der Waals surface area contributed by atoms with Crippen molar-refractivity contribution >= 4 is 34.4 Å². The van der Waals surface area contributed by atoms with Crippen molar-refractivity contribution < 1.29 is 23.9 Å². The highest BCUT2D eigenvalue weighted by Crippen LogP contribution is 2.41. The Labute approximate surface area is 253 Å². The molecule has 0 saturated carbocycles. The molecule has 2 aromatic heterocycles. The minimum atomic E-state index is -1.06. The van der Waals surface area contributed by atoms with Gasteiger partial charge in [0.2, 0.25) is 5.88 Å². The highest BCUT2D eigenvalue weighted by Gasteiger charge is 2.38. The Kier molecular flexibility index (Phi) is 6.89. The van der Waals surface area contributed by atoms with Gasteiger partial charge >= 0.3 is 11.9 Å². The van der Waals surface area contributed by atoms with Crippen LogP contribution in [-0.2, 0) is 32.0 Å². The zero-order valence-corrected chi connectivity index (χ0v) is 24.6. The van der Waals surface area contributed by atoms with Crippen LogP contribution in [-0.4, -0.2) is 70.0 Å². The number of esters is 2. The number of nitrogens with zero attached hydrogens (tertiary/aromatic N) is 5. The number of nitrogens with two attached hydrogens (primary N) is 1. The van der Waals surface area contributed by atoms with Crippen LogP contribution in [0, 0.1) is 13.8 Å². The Morgan fingerprint density at radius 3 is 2.55 bits per heavy atom. The van der Waals surface area contributed by atoms with Crippen molar-refractivity contribution in [1.82, 2.24) is 19.4 Å². The maximum atomic E-state index is 12.9. The predicted molar refractivity (Wildman–Crippen MR) is 163 cm³/mol. The first-order chi connectivity index (χ1) is 21.3. The van der Waals surface area contributed by atoms with Gasteiger partial charge in [0.1, 0.15) is 17.1 Å². The summed E-state index contributed by atoms with van der Waals surface area (Å²) in [6.45, 7) is 8.42. The normalized spacial score (nSPS) is 19.5. The fourth-order valence-electron chi connectivity index (χ4n) is 6.54. The smallest absolute Gasteiger partial charge is 0.344 e. The molecule has 1 amide bonds. The van der Waals surface area contributed by atoms with Gasteiger partial charge in [0.05, 0.1) is 11.2 Å². The Hall–Kier alpha value is -5.03. The lowest BCUT2D eigenvalue weighted by Crippen LogP contribution is -2.47. The van der Waals surface area contributed by atoms with Gasteiger partial charge in [-0.25, -0.2) is 9.59 Å². The Bertz CT molecular complexity index is 1870. The van der Waals surface area contributed by atoms with Gasteiger partial charge in [0.25, 0.3) is 5.91 Å². The molecule has 5 heterocycles. The number of aryl methyl sites for hydroxylation is 2. The van der Waals surface area contributed by atoms with Crippen molar-refractivity contribution in [2.24, 2.45) is 5.73 Å². The third-order valence-electron chi connectivity index (χ3n) is 8.68. The van der Waals surface area contributed by atoms with Crippen molar-refractivity contribution in [2.75, 3.05) is 37.6 Å². The number of hydrogen-bond acceptors (Lipinski definition) is 9. The summed E-state index contributed by atoms with van der Waals surface area (Å²) in [6.07, 6.45) is 1.10. The van der Waals surface area contributed by atoms with Crippen molar-refractivity contribution in [3.63, 3.8) is 0 Å². The SMILES string of the molecule is Cc1ccc2c(N3CCN(CCc4cccc5c4CC4OC(=O)/C(C(N)=O)=C\C(=O)Oc6nc(C)n-5c64)CC3)cccc2n1. The summed E-state index contributed by atoms with van der Waals surface area (Å²) in [7, 11) is 0. The Morgan fingerprint density at radius 1 is 0.977 bits per heavy atom. The quantitative estimate of drug-likeness (QED) is 0.274. The van der Waals surface area contributed by atoms with E-state index in [1.165, 1.54) is 11.1 Å². The topological polar surface area (TPSA) is 133 Å². The van der Waals surface area contributed by atoms with Gasteiger partial charge in [-0.2, -0.15) is 4.98 Å². The molecule has 0 radical (unpaired) electrons. The van der Waals surface area contributed by atoms with Crippen LogP contribution >= 0.6 is 0 Å². The number of rotatable bonds is 5. The van der Waals surface area contributed by atoms with Gasteiger partial charge in [-0.05, 0) is 61.7 Å². The first kappa shape index (κ1) is 27.8. The third-order valence-corrected chi connectivity index (χ3v) is 8.68. The van der Waals surface area contributed by atoms with Gasteiger partial charge in [-0.3, -0.25) is 19.2 Å². The fraction of sp³-hybridized carbons (Fsp3) is 0.303. The monoisotopic (exact) mass is 592 g/mol. The largest absolute Gasteiger partial charge is 0.452 e. The van der Waals surface area contributed by atoms with E-state index in [9.17, 15) is 14.4 Å². The van der Waals surface area contributed by atoms with Gasteiger partial charge in [-0.1, -0.05) is 18.2 Å². The minimum Gasteiger partial charge on any atom is -0.452 e. The number of amides is 1. The number of benzene rings is 2. The summed E-state index contributed by atoms with van der Waals surface area (Å²) in [5.74, 6) is -2.29. The zero-order chi connectivity index (χ0) is 30.5. The number of ether oxygens (including phenoxy) is 2. The molecule has 3 aliphatic heterocycles. The fourth-order valence-corrected chi connectivity index (χ4v) is 6.54. The number of anilines is 1. The average Bonchev–Trinajstić information content (AvgIpc) is 3.35. The minimum absolute atomic E-state index is 0.0540. The number of imidazole rings is 1. The van der Waals surface area contributed by atoms with Crippen LogP contribution in [0.1, 0.15) is 34.4 Å². The van der Waals surface area contributed by atoms with E-state index in [2.05, 4.69) is 51.2 Å². The van der Waals surface area contributed by atoms with E-state index in [1.807, 2.05) is 30.5 Å². The summed E-state index contributed by atoms with van der Waals surface area (Å²) >= 11 is 0. The van der Waals surface area contributed by atoms with E-state index in [1.54, 1.807) is 0 Å². The lowest BCUT2D eigenvalue weighted by Gasteiger charge is -2.37. The molecule has 1 atom stereocenters. The van der Waals surface area contributed by atoms with Gasteiger partial charge in [-0.15, -0.1) is 0 Å². The first-order valence-corrected chi connectivity index (χ1v) is 14.7. The Morgan fingerprint density at radius 2 is 1.75 bits per heavy atom. The Balaban J connectivity index is 1.10. The molecule has 224 valence electrons. The van der Waals surface area contributed by atoms with Crippen molar-refractivity contribution in [3.05, 3.63) is 88.5 Å². The van der Waals surface area contributed by atoms with E-state index in [0.717, 1.165) is 73.2 Å². The number of carbonyl (C=O) groups excluding carboxylic acids is 3. The standard InChI is InChI=1S/C33H32N6O5/c1-19-9-10-22-25(35-19)6-4-7-26(22)38-15-13-37(14-16-38)12-11-21-5-3-8-27-23(21)17-28-30-32(36-20(2)39(27)30)44-29(40)18-24(31(34)41)33(42)43-28/h3-10,18,28H,11-17H2,1-2H3,(H2,34,41)/b24-18-. The van der Waals surface area contributed by atoms with Crippen LogP contribution in [0.25, 0.3) is 16.6 Å². The predicted octanol–water partition coefficient (Wildman–Crippen LogP) is 2.87. The van der Waals surface area contributed by atoms with E-state index < -0.39 is 29.5 Å². The molecule has 2 aromatic carbocycles. The van der Waals surface area contributed by atoms with Crippen LogP contribution in [0.2, 0.25) is 0 Å². The molecule has 0 aliphatic carbocycles. The molecule has 3 aliphatic rings.